The minimum Gasteiger partial charge on any atom is -0.342 e. The molecule has 57 heavy (non-hydrogen) atoms. The van der Waals surface area contributed by atoms with E-state index in [2.05, 4.69) is 51.1 Å². The lowest BCUT2D eigenvalue weighted by Gasteiger charge is -2.38. The highest BCUT2D eigenvalue weighted by atomic mass is 32.2. The highest BCUT2D eigenvalue weighted by Crippen LogP contribution is 2.88. The summed E-state index contributed by atoms with van der Waals surface area (Å²) in [7, 11) is -4.18. The van der Waals surface area contributed by atoms with Crippen LogP contribution < -0.4 is 20.7 Å². The Balaban J connectivity index is 1.29. The van der Waals surface area contributed by atoms with Crippen LogP contribution in [-0.4, -0.2) is 100 Å². The van der Waals surface area contributed by atoms with E-state index >= 15 is 4.79 Å². The third kappa shape index (κ3) is 7.27. The molecular weight excluding hydrogens is 749 g/mol. The van der Waals surface area contributed by atoms with E-state index in [0.29, 0.717) is 13.0 Å². The molecule has 1 aliphatic heterocycles. The Hall–Kier alpha value is -3.92. The van der Waals surface area contributed by atoms with E-state index in [1.165, 1.54) is 24.7 Å². The van der Waals surface area contributed by atoms with Crippen LogP contribution in [0.25, 0.3) is 0 Å². The number of amides is 5. The molecule has 1 aromatic heterocycles. The molecule has 0 aromatic carbocycles. The third-order valence-electron chi connectivity index (χ3n) is 14.6. The fraction of sp³-hybridized carbons (Fsp3) is 0.732. The van der Waals surface area contributed by atoms with E-state index in [9.17, 15) is 27.6 Å². The molecule has 0 unspecified atom stereocenters. The average molecular weight is 811 g/mol. The Morgan fingerprint density at radius 3 is 2.16 bits per heavy atom. The van der Waals surface area contributed by atoms with Gasteiger partial charge in [-0.2, -0.15) is 12.7 Å². The largest absolute Gasteiger partial charge is 0.342 e. The van der Waals surface area contributed by atoms with E-state index in [0.717, 1.165) is 55.7 Å². The molecule has 6 atom stereocenters. The van der Waals surface area contributed by atoms with Gasteiger partial charge < -0.3 is 20.9 Å². The van der Waals surface area contributed by atoms with Gasteiger partial charge in [0, 0.05) is 43.4 Å². The van der Waals surface area contributed by atoms with Crippen molar-refractivity contribution in [3.63, 3.8) is 0 Å². The van der Waals surface area contributed by atoms with Crippen molar-refractivity contribution in [2.75, 3.05) is 19.6 Å². The second-order valence-corrected chi connectivity index (χ2v) is 20.3. The van der Waals surface area contributed by atoms with Crippen LogP contribution in [-0.2, 0) is 29.4 Å². The summed E-state index contributed by atoms with van der Waals surface area (Å²) >= 11 is 0. The fourth-order valence-electron chi connectivity index (χ4n) is 10.8. The number of carbonyl (C=O) groups excluding carboxylic acids is 5. The summed E-state index contributed by atoms with van der Waals surface area (Å²) in [6, 6.07) is -3.00. The number of carbonyl (C=O) groups is 5. The van der Waals surface area contributed by atoms with Gasteiger partial charge in [-0.15, -0.1) is 6.58 Å². The maximum absolute atomic E-state index is 15.1. The molecule has 4 N–H and O–H groups in total. The first-order chi connectivity index (χ1) is 26.8. The topological polar surface area (TPSA) is 200 Å². The number of likely N-dealkylation sites (tertiary alicyclic amines) is 1. The van der Waals surface area contributed by atoms with Crippen LogP contribution in [0, 0.1) is 33.5 Å². The molecule has 16 heteroatoms. The predicted octanol–water partition coefficient (Wildman–Crippen LogP) is 3.25. The zero-order valence-corrected chi connectivity index (χ0v) is 35.5. The SMILES string of the molecule is C=C[C@@H]1C[C@]1(NC(=O)[C@@H]1C[C@@]2(CN1C(=O)[C@@H](NC(=O)[C@@H](NC(=O)c1cnccn1)C1CCCCC1)C(C)(C)C)C(C)(C)C21CCC1)C(=O)NS(=O)(=O)N(CC)CC. The van der Waals surface area contributed by atoms with Crippen LogP contribution in [0.5, 0.6) is 0 Å². The van der Waals surface area contributed by atoms with Gasteiger partial charge in [-0.3, -0.25) is 29.0 Å². The number of nitrogens with one attached hydrogen (secondary N) is 4. The summed E-state index contributed by atoms with van der Waals surface area (Å²) in [6.45, 7) is 17.8. The molecule has 2 heterocycles. The van der Waals surface area contributed by atoms with E-state index in [4.69, 9.17) is 0 Å². The molecule has 5 amide bonds. The first kappa shape index (κ1) is 42.7. The first-order valence-electron chi connectivity index (χ1n) is 20.7. The van der Waals surface area contributed by atoms with Crippen molar-refractivity contribution in [1.82, 2.24) is 39.8 Å². The molecule has 2 spiro atoms. The molecule has 5 aliphatic rings. The Morgan fingerprint density at radius 2 is 1.65 bits per heavy atom. The number of hydrogen-bond acceptors (Lipinski definition) is 9. The molecule has 4 aliphatic carbocycles. The van der Waals surface area contributed by atoms with Crippen molar-refractivity contribution in [3.05, 3.63) is 36.9 Å². The normalized spacial score (nSPS) is 28.5. The number of rotatable bonds is 14. The minimum atomic E-state index is -4.18. The standard InChI is InChI=1S/C41H62N8O7S/c1-9-27-22-41(27,36(54)47-57(55,56)48(10-2)11-3)46-33(51)29-23-40(38(7,8)39(40)18-15-19-39)25-49(29)35(53)31(37(4,5)6)45-34(52)30(26-16-13-12-14-17-26)44-32(50)28-24-42-20-21-43-28/h9,20-21,24,26-27,29-31H,1,10-19,22-23,25H2,2-8H3,(H,44,50)(H,45,52)(H,46,51)(H,47,54)/t27-,29+,30+,31-,40-,41-/m1/s1. The van der Waals surface area contributed by atoms with Crippen molar-refractivity contribution < 1.29 is 32.4 Å². The highest BCUT2D eigenvalue weighted by molar-refractivity contribution is 7.87. The van der Waals surface area contributed by atoms with Crippen molar-refractivity contribution >= 4 is 39.7 Å². The maximum Gasteiger partial charge on any atom is 0.303 e. The molecular formula is C41H62N8O7S. The molecule has 314 valence electrons. The van der Waals surface area contributed by atoms with E-state index in [1.54, 1.807) is 18.7 Å². The van der Waals surface area contributed by atoms with Crippen LogP contribution in [0.3, 0.4) is 0 Å². The maximum atomic E-state index is 15.1. The second-order valence-electron chi connectivity index (χ2n) is 18.6. The van der Waals surface area contributed by atoms with Crippen molar-refractivity contribution in [2.24, 2.45) is 33.5 Å². The molecule has 5 fully saturated rings. The average Bonchev–Trinajstić information content (AvgIpc) is 3.88. The van der Waals surface area contributed by atoms with Gasteiger partial charge in [-0.25, -0.2) is 9.71 Å². The second kappa shape index (κ2) is 15.4. The summed E-state index contributed by atoms with van der Waals surface area (Å²) in [5, 5.41) is 8.87. The Morgan fingerprint density at radius 1 is 0.982 bits per heavy atom. The summed E-state index contributed by atoms with van der Waals surface area (Å²) in [6.07, 6.45) is 13.6. The van der Waals surface area contributed by atoms with Crippen LogP contribution in [0.15, 0.2) is 31.2 Å². The van der Waals surface area contributed by atoms with E-state index in [-0.39, 0.29) is 47.4 Å². The minimum absolute atomic E-state index is 0.0408. The van der Waals surface area contributed by atoms with Gasteiger partial charge in [0.1, 0.15) is 29.4 Å². The highest BCUT2D eigenvalue weighted by Gasteiger charge is 2.85. The number of aromatic nitrogens is 2. The molecule has 0 bridgehead atoms. The molecule has 6 rings (SSSR count). The molecule has 1 aromatic rings. The Labute approximate surface area is 337 Å². The van der Waals surface area contributed by atoms with Crippen LogP contribution in [0.2, 0.25) is 0 Å². The zero-order valence-electron chi connectivity index (χ0n) is 34.7. The van der Waals surface area contributed by atoms with Gasteiger partial charge >= 0.3 is 10.2 Å². The van der Waals surface area contributed by atoms with Crippen LogP contribution in [0.1, 0.15) is 123 Å². The van der Waals surface area contributed by atoms with Crippen molar-refractivity contribution in [2.45, 2.75) is 136 Å². The smallest absolute Gasteiger partial charge is 0.303 e. The zero-order chi connectivity index (χ0) is 41.8. The summed E-state index contributed by atoms with van der Waals surface area (Å²) in [5.41, 5.74) is -2.86. The number of hydrogen-bond donors (Lipinski definition) is 4. The monoisotopic (exact) mass is 810 g/mol. The molecule has 1 saturated heterocycles. The summed E-state index contributed by atoms with van der Waals surface area (Å²) in [4.78, 5) is 81.1. The van der Waals surface area contributed by atoms with E-state index < -0.39 is 74.7 Å². The molecule has 4 saturated carbocycles. The van der Waals surface area contributed by atoms with Gasteiger partial charge in [0.25, 0.3) is 11.8 Å². The van der Waals surface area contributed by atoms with Crippen molar-refractivity contribution in [1.29, 1.82) is 0 Å². The van der Waals surface area contributed by atoms with Gasteiger partial charge in [0.05, 0.1) is 6.20 Å². The lowest BCUT2D eigenvalue weighted by Crippen LogP contribution is -2.62. The Kier molecular flexibility index (Phi) is 11.5. The fourth-order valence-corrected chi connectivity index (χ4v) is 12.0. The third-order valence-corrected chi connectivity index (χ3v) is 16.2. The molecule has 0 radical (unpaired) electrons. The number of nitrogens with zero attached hydrogens (tertiary/aromatic N) is 4. The summed E-state index contributed by atoms with van der Waals surface area (Å²) in [5.74, 6) is -3.51. The quantitative estimate of drug-likeness (QED) is 0.204. The van der Waals surface area contributed by atoms with E-state index in [1.807, 2.05) is 20.8 Å². The first-order valence-corrected chi connectivity index (χ1v) is 22.1. The van der Waals surface area contributed by atoms with Crippen LogP contribution >= 0.6 is 0 Å². The van der Waals surface area contributed by atoms with Gasteiger partial charge in [-0.1, -0.05) is 80.2 Å². The van der Waals surface area contributed by atoms with Gasteiger partial charge in [-0.05, 0) is 60.7 Å². The predicted molar refractivity (Wildman–Crippen MR) is 213 cm³/mol. The van der Waals surface area contributed by atoms with Crippen molar-refractivity contribution in [3.8, 4) is 0 Å². The Bertz CT molecular complexity index is 1870. The number of fused-ring (bicyclic) bond motifs is 1. The lowest BCUT2D eigenvalue weighted by atomic mass is 9.73. The lowest BCUT2D eigenvalue weighted by molar-refractivity contribution is -0.145. The van der Waals surface area contributed by atoms with Gasteiger partial charge in [0.2, 0.25) is 17.7 Å². The van der Waals surface area contributed by atoms with Gasteiger partial charge in [0.15, 0.2) is 0 Å². The molecule has 15 nitrogen and oxygen atoms in total. The van der Waals surface area contributed by atoms with Crippen LogP contribution in [0.4, 0.5) is 0 Å². The summed E-state index contributed by atoms with van der Waals surface area (Å²) < 4.78 is 29.5.